The second-order valence-corrected chi connectivity index (χ2v) is 10.1. The van der Waals surface area contributed by atoms with Crippen LogP contribution in [0.5, 0.6) is 0 Å². The first-order chi connectivity index (χ1) is 13.4. The molecule has 0 spiro atoms. The van der Waals surface area contributed by atoms with Crippen LogP contribution in [0.15, 0.2) is 30.3 Å². The fraction of sp³-hybridized carbons (Fsp3) is 0.500. The Labute approximate surface area is 165 Å². The van der Waals surface area contributed by atoms with Gasteiger partial charge in [-0.05, 0) is 26.0 Å². The zero-order chi connectivity index (χ0) is 19.9. The van der Waals surface area contributed by atoms with Gasteiger partial charge in [-0.1, -0.05) is 18.2 Å². The lowest BCUT2D eigenvalue weighted by atomic mass is 10.1. The van der Waals surface area contributed by atoms with Crippen LogP contribution in [0.25, 0.3) is 5.69 Å². The average molecular weight is 404 g/mol. The van der Waals surface area contributed by atoms with Crippen molar-refractivity contribution in [1.29, 1.82) is 0 Å². The highest BCUT2D eigenvalue weighted by molar-refractivity contribution is 7.91. The molecule has 1 N–H and O–H groups in total. The first-order valence-electron chi connectivity index (χ1n) is 9.81. The topological polar surface area (TPSA) is 76.7 Å². The third-order valence-corrected chi connectivity index (χ3v) is 7.78. The number of amides is 1. The maximum atomic E-state index is 13.2. The first kappa shape index (κ1) is 19.1. The molecule has 1 aromatic heterocycles. The van der Waals surface area contributed by atoms with Crippen LogP contribution < -0.4 is 4.90 Å². The zero-order valence-corrected chi connectivity index (χ0v) is 17.2. The highest BCUT2D eigenvalue weighted by Crippen LogP contribution is 2.20. The molecule has 0 unspecified atom stereocenters. The minimum Gasteiger partial charge on any atom is -0.329 e. The third kappa shape index (κ3) is 3.58. The molecule has 3 heterocycles. The van der Waals surface area contributed by atoms with Crippen LogP contribution in [-0.4, -0.2) is 72.7 Å². The fourth-order valence-corrected chi connectivity index (χ4v) is 6.28. The summed E-state index contributed by atoms with van der Waals surface area (Å²) in [7, 11) is -2.86. The summed E-state index contributed by atoms with van der Waals surface area (Å²) in [6.07, 6.45) is 0.744. The van der Waals surface area contributed by atoms with Crippen LogP contribution in [0.2, 0.25) is 0 Å². The summed E-state index contributed by atoms with van der Waals surface area (Å²) < 4.78 is 25.3. The number of nitrogens with zero attached hydrogens (tertiary/aromatic N) is 3. The second kappa shape index (κ2) is 7.33. The number of sulfone groups is 1. The Morgan fingerprint density at radius 3 is 2.43 bits per heavy atom. The molecule has 2 aliphatic rings. The number of para-hydroxylation sites is 1. The smallest absolute Gasteiger partial charge is 0.258 e. The van der Waals surface area contributed by atoms with Gasteiger partial charge >= 0.3 is 0 Å². The van der Waals surface area contributed by atoms with Crippen LogP contribution >= 0.6 is 0 Å². The number of benzene rings is 1. The average Bonchev–Trinajstić information content (AvgIpc) is 3.20. The number of carbonyl (C=O) groups excluding carboxylic acids is 1. The van der Waals surface area contributed by atoms with E-state index in [0.29, 0.717) is 30.2 Å². The molecule has 0 saturated carbocycles. The second-order valence-electron chi connectivity index (χ2n) is 7.84. The van der Waals surface area contributed by atoms with E-state index in [1.165, 1.54) is 4.90 Å². The molecule has 0 aliphatic carbocycles. The van der Waals surface area contributed by atoms with E-state index in [4.69, 9.17) is 0 Å². The number of aromatic nitrogens is 2. The summed E-state index contributed by atoms with van der Waals surface area (Å²) in [6.45, 7) is 6.73. The van der Waals surface area contributed by atoms with Gasteiger partial charge < -0.3 is 9.80 Å². The van der Waals surface area contributed by atoms with E-state index in [1.54, 1.807) is 0 Å². The van der Waals surface area contributed by atoms with Crippen LogP contribution in [0.4, 0.5) is 0 Å². The van der Waals surface area contributed by atoms with Crippen LogP contribution in [0.1, 0.15) is 28.2 Å². The molecule has 2 saturated heterocycles. The maximum absolute atomic E-state index is 13.2. The Kier molecular flexibility index (Phi) is 5.01. The molecule has 0 radical (unpaired) electrons. The molecule has 4 rings (SSSR count). The number of hydrogen-bond donors (Lipinski definition) is 1. The summed E-state index contributed by atoms with van der Waals surface area (Å²) in [5.74, 6) is 0.620. The van der Waals surface area contributed by atoms with Crippen molar-refractivity contribution in [1.82, 2.24) is 14.7 Å². The Balaban J connectivity index is 1.47. The molecular formula is C20H27N4O3S+. The molecule has 150 valence electrons. The Bertz CT molecular complexity index is 976. The van der Waals surface area contributed by atoms with Crippen molar-refractivity contribution in [2.24, 2.45) is 0 Å². The monoisotopic (exact) mass is 403 g/mol. The van der Waals surface area contributed by atoms with Crippen LogP contribution in [0, 0.1) is 13.8 Å². The predicted octanol–water partition coefficient (Wildman–Crippen LogP) is 0.0169. The molecule has 1 amide bonds. The van der Waals surface area contributed by atoms with Crippen molar-refractivity contribution in [3.63, 3.8) is 0 Å². The van der Waals surface area contributed by atoms with E-state index >= 15 is 0 Å². The van der Waals surface area contributed by atoms with Gasteiger partial charge in [0.1, 0.15) is 11.8 Å². The van der Waals surface area contributed by atoms with Gasteiger partial charge in [-0.2, -0.15) is 5.10 Å². The first-order valence-corrected chi connectivity index (χ1v) is 11.6. The van der Waals surface area contributed by atoms with E-state index < -0.39 is 9.84 Å². The number of quaternary nitrogens is 1. The number of hydrogen-bond acceptors (Lipinski definition) is 4. The molecule has 2 fully saturated rings. The molecule has 28 heavy (non-hydrogen) atoms. The quantitative estimate of drug-likeness (QED) is 0.784. The number of nitrogens with one attached hydrogen (secondary N) is 1. The van der Waals surface area contributed by atoms with Crippen LogP contribution in [0.3, 0.4) is 0 Å². The van der Waals surface area contributed by atoms with E-state index in [9.17, 15) is 13.2 Å². The number of piperazine rings is 1. The Morgan fingerprint density at radius 1 is 1.14 bits per heavy atom. The summed E-state index contributed by atoms with van der Waals surface area (Å²) in [6, 6.07) is 10.0. The van der Waals surface area contributed by atoms with E-state index in [0.717, 1.165) is 36.6 Å². The van der Waals surface area contributed by atoms with Crippen molar-refractivity contribution < 1.29 is 18.1 Å². The van der Waals surface area contributed by atoms with E-state index in [1.807, 2.05) is 53.8 Å². The summed E-state index contributed by atoms with van der Waals surface area (Å²) in [5.41, 5.74) is 3.21. The lowest BCUT2D eigenvalue weighted by Crippen LogP contribution is -3.18. The van der Waals surface area contributed by atoms with Gasteiger partial charge in [0.2, 0.25) is 0 Å². The van der Waals surface area contributed by atoms with Gasteiger partial charge in [0, 0.05) is 6.42 Å². The standard InChI is InChI=1S/C20H26N4O3S/c1-15-19(16(2)24(21-15)17-6-4-3-5-7-17)20(25)23-11-9-22(10-12-23)18-8-13-28(26,27)14-18/h3-7,18H,8-14H2,1-2H3/p+1/t18-/m0/s1. The number of aryl methyl sites for hydroxylation is 1. The van der Waals surface area contributed by atoms with Gasteiger partial charge in [0.25, 0.3) is 5.91 Å². The summed E-state index contributed by atoms with van der Waals surface area (Å²) in [4.78, 5) is 16.4. The molecule has 8 heteroatoms. The zero-order valence-electron chi connectivity index (χ0n) is 16.4. The minimum atomic E-state index is -2.86. The normalized spacial score (nSPS) is 22.5. The van der Waals surface area contributed by atoms with Gasteiger partial charge in [0.15, 0.2) is 9.84 Å². The third-order valence-electron chi connectivity index (χ3n) is 6.01. The van der Waals surface area contributed by atoms with Gasteiger partial charge in [-0.15, -0.1) is 0 Å². The van der Waals surface area contributed by atoms with E-state index in [-0.39, 0.29) is 11.9 Å². The number of rotatable bonds is 3. The molecule has 2 aromatic rings. The Morgan fingerprint density at radius 2 is 1.82 bits per heavy atom. The molecule has 0 bridgehead atoms. The largest absolute Gasteiger partial charge is 0.329 e. The number of carbonyl (C=O) groups is 1. The van der Waals surface area contributed by atoms with Crippen molar-refractivity contribution in [3.05, 3.63) is 47.3 Å². The molecule has 2 aliphatic heterocycles. The maximum Gasteiger partial charge on any atom is 0.258 e. The SMILES string of the molecule is Cc1nn(-c2ccccc2)c(C)c1C(=O)N1CC[NH+]([C@H]2CCS(=O)(=O)C2)CC1. The molecule has 7 nitrogen and oxygen atoms in total. The molecule has 1 aromatic carbocycles. The van der Waals surface area contributed by atoms with E-state index in [2.05, 4.69) is 5.10 Å². The fourth-order valence-electron chi connectivity index (χ4n) is 4.45. The van der Waals surface area contributed by atoms with Crippen molar-refractivity contribution in [2.45, 2.75) is 26.3 Å². The van der Waals surface area contributed by atoms with Crippen molar-refractivity contribution >= 4 is 15.7 Å². The van der Waals surface area contributed by atoms with Crippen molar-refractivity contribution in [3.8, 4) is 5.69 Å². The van der Waals surface area contributed by atoms with Gasteiger partial charge in [-0.3, -0.25) is 4.79 Å². The minimum absolute atomic E-state index is 0.0234. The summed E-state index contributed by atoms with van der Waals surface area (Å²) in [5, 5.41) is 4.59. The Hall–Kier alpha value is -2.19. The lowest BCUT2D eigenvalue weighted by molar-refractivity contribution is -0.925. The molecule has 1 atom stereocenters. The lowest BCUT2D eigenvalue weighted by Gasteiger charge is -2.35. The predicted molar refractivity (Wildman–Crippen MR) is 107 cm³/mol. The van der Waals surface area contributed by atoms with Gasteiger partial charge in [0.05, 0.1) is 54.6 Å². The highest BCUT2D eigenvalue weighted by atomic mass is 32.2. The van der Waals surface area contributed by atoms with Gasteiger partial charge in [-0.25, -0.2) is 13.1 Å². The summed E-state index contributed by atoms with van der Waals surface area (Å²) >= 11 is 0. The molecular weight excluding hydrogens is 376 g/mol. The van der Waals surface area contributed by atoms with Crippen molar-refractivity contribution in [2.75, 3.05) is 37.7 Å². The van der Waals surface area contributed by atoms with Crippen LogP contribution in [-0.2, 0) is 9.84 Å². The highest BCUT2D eigenvalue weighted by Gasteiger charge is 2.38.